The molecule has 96 valence electrons. The van der Waals surface area contributed by atoms with E-state index < -0.39 is 10.0 Å². The summed E-state index contributed by atoms with van der Waals surface area (Å²) in [5.41, 5.74) is 5.52. The van der Waals surface area contributed by atoms with Crippen molar-refractivity contribution in [3.05, 3.63) is 6.20 Å². The maximum absolute atomic E-state index is 12.0. The van der Waals surface area contributed by atoms with Crippen LogP contribution in [0.2, 0.25) is 0 Å². The zero-order valence-electron chi connectivity index (χ0n) is 9.81. The molecule has 1 saturated carbocycles. The van der Waals surface area contributed by atoms with Crippen LogP contribution in [-0.2, 0) is 10.0 Å². The number of nitrogen functional groups attached to an aromatic ring is 1. The molecule has 0 amide bonds. The standard InChI is InChI=1S/C10H18N4O2S/c1-7(8-4-2-3-5-8)14-17(15,16)9-6-12-13-10(9)11/h6-8,14H,2-5H2,1H3,(H3,11,12,13). The van der Waals surface area contributed by atoms with Crippen molar-refractivity contribution in [1.82, 2.24) is 14.9 Å². The number of rotatable bonds is 4. The van der Waals surface area contributed by atoms with Gasteiger partial charge in [0.2, 0.25) is 10.0 Å². The minimum absolute atomic E-state index is 0.0300. The number of aromatic nitrogens is 2. The van der Waals surface area contributed by atoms with Gasteiger partial charge in [-0.1, -0.05) is 12.8 Å². The molecule has 2 rings (SSSR count). The molecule has 0 spiro atoms. The molecule has 0 aliphatic heterocycles. The lowest BCUT2D eigenvalue weighted by atomic mass is 10.0. The predicted molar refractivity (Wildman–Crippen MR) is 64.7 cm³/mol. The molecular weight excluding hydrogens is 240 g/mol. The van der Waals surface area contributed by atoms with Gasteiger partial charge in [0.25, 0.3) is 0 Å². The van der Waals surface area contributed by atoms with Crippen LogP contribution in [0.25, 0.3) is 0 Å². The van der Waals surface area contributed by atoms with Gasteiger partial charge in [-0.3, -0.25) is 5.10 Å². The molecule has 1 aromatic rings. The number of aromatic amines is 1. The molecule has 1 atom stereocenters. The summed E-state index contributed by atoms with van der Waals surface area (Å²) >= 11 is 0. The van der Waals surface area contributed by atoms with Crippen LogP contribution in [0.4, 0.5) is 5.82 Å². The third-order valence-electron chi connectivity index (χ3n) is 3.37. The van der Waals surface area contributed by atoms with Crippen molar-refractivity contribution < 1.29 is 8.42 Å². The van der Waals surface area contributed by atoms with E-state index in [9.17, 15) is 8.42 Å². The van der Waals surface area contributed by atoms with Gasteiger partial charge in [0.1, 0.15) is 10.7 Å². The summed E-state index contributed by atoms with van der Waals surface area (Å²) in [6, 6.07) is -0.0585. The summed E-state index contributed by atoms with van der Waals surface area (Å²) in [6.07, 6.45) is 5.78. The van der Waals surface area contributed by atoms with E-state index in [1.54, 1.807) is 0 Å². The van der Waals surface area contributed by atoms with Crippen LogP contribution in [0.15, 0.2) is 11.1 Å². The molecule has 1 aliphatic rings. The summed E-state index contributed by atoms with van der Waals surface area (Å²) in [5, 5.41) is 6.05. The van der Waals surface area contributed by atoms with Crippen molar-refractivity contribution >= 4 is 15.8 Å². The lowest BCUT2D eigenvalue weighted by Crippen LogP contribution is -2.37. The second kappa shape index (κ2) is 4.66. The van der Waals surface area contributed by atoms with Gasteiger partial charge in [-0.15, -0.1) is 0 Å². The zero-order valence-corrected chi connectivity index (χ0v) is 10.6. The van der Waals surface area contributed by atoms with E-state index in [4.69, 9.17) is 5.73 Å². The van der Waals surface area contributed by atoms with E-state index >= 15 is 0 Å². The van der Waals surface area contributed by atoms with Gasteiger partial charge < -0.3 is 5.73 Å². The normalized spacial score (nSPS) is 19.6. The molecule has 0 aromatic carbocycles. The Morgan fingerprint density at radius 2 is 2.18 bits per heavy atom. The minimum atomic E-state index is -3.55. The fraction of sp³-hybridized carbons (Fsp3) is 0.700. The number of nitrogens with two attached hydrogens (primary N) is 1. The van der Waals surface area contributed by atoms with Gasteiger partial charge in [-0.05, 0) is 25.7 Å². The average Bonchev–Trinajstić information content (AvgIpc) is 2.85. The Labute approximate surface area is 101 Å². The molecule has 6 nitrogen and oxygen atoms in total. The number of nitrogens with zero attached hydrogens (tertiary/aromatic N) is 1. The van der Waals surface area contributed by atoms with Crippen LogP contribution in [0, 0.1) is 5.92 Å². The first-order valence-corrected chi connectivity index (χ1v) is 7.30. The number of hydrogen-bond acceptors (Lipinski definition) is 4. The first-order chi connectivity index (χ1) is 8.00. The van der Waals surface area contributed by atoms with Gasteiger partial charge >= 0.3 is 0 Å². The van der Waals surface area contributed by atoms with E-state index in [1.807, 2.05) is 6.92 Å². The largest absolute Gasteiger partial charge is 0.383 e. The van der Waals surface area contributed by atoms with Gasteiger partial charge in [-0.25, -0.2) is 13.1 Å². The molecule has 17 heavy (non-hydrogen) atoms. The SMILES string of the molecule is CC(NS(=O)(=O)c1cn[nH]c1N)C1CCCC1. The van der Waals surface area contributed by atoms with E-state index in [1.165, 1.54) is 19.0 Å². The third kappa shape index (κ3) is 2.61. The predicted octanol–water partition coefficient (Wildman–Crippen LogP) is 0.849. The second-order valence-electron chi connectivity index (χ2n) is 4.60. The number of hydrogen-bond donors (Lipinski definition) is 3. The summed E-state index contributed by atoms with van der Waals surface area (Å²) in [4.78, 5) is 0.0300. The Hall–Kier alpha value is -1.08. The number of nitrogens with one attached hydrogen (secondary N) is 2. The fourth-order valence-electron chi connectivity index (χ4n) is 2.36. The van der Waals surface area contributed by atoms with Crippen molar-refractivity contribution in [2.45, 2.75) is 43.5 Å². The van der Waals surface area contributed by atoms with E-state index in [2.05, 4.69) is 14.9 Å². The van der Waals surface area contributed by atoms with Gasteiger partial charge in [-0.2, -0.15) is 5.10 Å². The molecule has 1 fully saturated rings. The van der Waals surface area contributed by atoms with E-state index in [-0.39, 0.29) is 16.8 Å². The van der Waals surface area contributed by atoms with Gasteiger partial charge in [0, 0.05) is 6.04 Å². The maximum Gasteiger partial charge on any atom is 0.246 e. The number of H-pyrrole nitrogens is 1. The van der Waals surface area contributed by atoms with Crippen LogP contribution in [-0.4, -0.2) is 24.7 Å². The monoisotopic (exact) mass is 258 g/mol. The molecular formula is C10H18N4O2S. The highest BCUT2D eigenvalue weighted by atomic mass is 32.2. The molecule has 1 heterocycles. The van der Waals surface area contributed by atoms with Gasteiger partial charge in [0.15, 0.2) is 0 Å². The van der Waals surface area contributed by atoms with Crippen molar-refractivity contribution in [2.24, 2.45) is 5.92 Å². The Bertz CT molecular complexity index is 476. The second-order valence-corrected chi connectivity index (χ2v) is 6.28. The first-order valence-electron chi connectivity index (χ1n) is 5.82. The molecule has 0 bridgehead atoms. The molecule has 7 heteroatoms. The summed E-state index contributed by atoms with van der Waals surface area (Å²) in [6.45, 7) is 1.91. The maximum atomic E-state index is 12.0. The molecule has 4 N–H and O–H groups in total. The van der Waals surface area contributed by atoms with Crippen molar-refractivity contribution in [1.29, 1.82) is 0 Å². The van der Waals surface area contributed by atoms with Crippen LogP contribution < -0.4 is 10.5 Å². The molecule has 1 aromatic heterocycles. The van der Waals surface area contributed by atoms with Gasteiger partial charge in [0.05, 0.1) is 6.20 Å². The summed E-state index contributed by atoms with van der Waals surface area (Å²) in [5.74, 6) is 0.508. The Kier molecular flexibility index (Phi) is 3.39. The minimum Gasteiger partial charge on any atom is -0.383 e. The molecule has 1 aliphatic carbocycles. The third-order valence-corrected chi connectivity index (χ3v) is 4.96. The van der Waals surface area contributed by atoms with Crippen molar-refractivity contribution in [3.63, 3.8) is 0 Å². The Balaban J connectivity index is 2.09. The van der Waals surface area contributed by atoms with Crippen molar-refractivity contribution in [3.8, 4) is 0 Å². The van der Waals surface area contributed by atoms with Crippen molar-refractivity contribution in [2.75, 3.05) is 5.73 Å². The van der Waals surface area contributed by atoms with E-state index in [0.717, 1.165) is 12.8 Å². The molecule has 0 radical (unpaired) electrons. The number of sulfonamides is 1. The molecule has 0 saturated heterocycles. The van der Waals surface area contributed by atoms with E-state index in [0.29, 0.717) is 5.92 Å². The first kappa shape index (κ1) is 12.4. The lowest BCUT2D eigenvalue weighted by Gasteiger charge is -2.19. The fourth-order valence-corrected chi connectivity index (χ4v) is 3.70. The van der Waals surface area contributed by atoms with Crippen LogP contribution >= 0.6 is 0 Å². The Morgan fingerprint density at radius 1 is 1.53 bits per heavy atom. The lowest BCUT2D eigenvalue weighted by molar-refractivity contribution is 0.424. The van der Waals surface area contributed by atoms with Crippen LogP contribution in [0.3, 0.4) is 0 Å². The quantitative estimate of drug-likeness (QED) is 0.745. The highest BCUT2D eigenvalue weighted by Crippen LogP contribution is 2.28. The Morgan fingerprint density at radius 3 is 2.71 bits per heavy atom. The average molecular weight is 258 g/mol. The zero-order chi connectivity index (χ0) is 12.5. The smallest absolute Gasteiger partial charge is 0.246 e. The summed E-state index contributed by atoms with van der Waals surface area (Å²) in [7, 11) is -3.55. The topological polar surface area (TPSA) is 101 Å². The molecule has 1 unspecified atom stereocenters. The summed E-state index contributed by atoms with van der Waals surface area (Å²) < 4.78 is 26.7. The highest BCUT2D eigenvalue weighted by molar-refractivity contribution is 7.89. The highest BCUT2D eigenvalue weighted by Gasteiger charge is 2.27. The number of anilines is 1. The van der Waals surface area contributed by atoms with Crippen LogP contribution in [0.1, 0.15) is 32.6 Å². The van der Waals surface area contributed by atoms with Crippen LogP contribution in [0.5, 0.6) is 0 Å².